The number of benzene rings is 2. The van der Waals surface area contributed by atoms with E-state index in [0.29, 0.717) is 0 Å². The van der Waals surface area contributed by atoms with Crippen LogP contribution in [0.25, 0.3) is 0 Å². The lowest BCUT2D eigenvalue weighted by Crippen LogP contribution is -2.09. The van der Waals surface area contributed by atoms with Gasteiger partial charge in [0.2, 0.25) is 0 Å². The lowest BCUT2D eigenvalue weighted by Gasteiger charge is -2.15. The predicted molar refractivity (Wildman–Crippen MR) is 83.1 cm³/mol. The van der Waals surface area contributed by atoms with E-state index in [1.54, 1.807) is 0 Å². The molecule has 104 valence electrons. The quantitative estimate of drug-likeness (QED) is 0.882. The lowest BCUT2D eigenvalue weighted by atomic mass is 9.91. The summed E-state index contributed by atoms with van der Waals surface area (Å²) < 4.78 is 0. The van der Waals surface area contributed by atoms with Crippen LogP contribution in [0.3, 0.4) is 0 Å². The van der Waals surface area contributed by atoms with Crippen LogP contribution in [-0.2, 0) is 32.1 Å². The van der Waals surface area contributed by atoms with Crippen LogP contribution in [0.15, 0.2) is 42.5 Å². The molecule has 0 heterocycles. The van der Waals surface area contributed by atoms with Gasteiger partial charge in [-0.25, -0.2) is 0 Å². The first-order valence-electron chi connectivity index (χ1n) is 7.57. The molecule has 1 unspecified atom stereocenters. The van der Waals surface area contributed by atoms with Crippen molar-refractivity contribution < 1.29 is 5.11 Å². The Hall–Kier alpha value is -1.60. The Morgan fingerprint density at radius 1 is 0.850 bits per heavy atom. The molecule has 4 bridgehead atoms. The monoisotopic (exact) mass is 266 g/mol. The maximum absolute atomic E-state index is 9.71. The highest BCUT2D eigenvalue weighted by molar-refractivity contribution is 5.35. The predicted octanol–water partition coefficient (Wildman–Crippen LogP) is 3.49. The molecule has 2 aromatic rings. The molecule has 4 aliphatic carbocycles. The molecule has 1 N–H and O–H groups in total. The molecule has 1 atom stereocenters. The molecule has 1 nitrogen and oxygen atoms in total. The van der Waals surface area contributed by atoms with Crippen LogP contribution in [0.1, 0.15) is 34.7 Å². The maximum atomic E-state index is 9.71. The molecule has 0 spiro atoms. The third-order valence-corrected chi connectivity index (χ3v) is 4.19. The van der Waals surface area contributed by atoms with Gasteiger partial charge < -0.3 is 5.11 Å². The van der Waals surface area contributed by atoms with Gasteiger partial charge >= 0.3 is 0 Å². The number of hydrogen-bond donors (Lipinski definition) is 1. The Balaban J connectivity index is 1.95. The molecule has 20 heavy (non-hydrogen) atoms. The lowest BCUT2D eigenvalue weighted by molar-refractivity contribution is 0.195. The molecule has 2 aromatic carbocycles. The van der Waals surface area contributed by atoms with Crippen molar-refractivity contribution in [2.75, 3.05) is 0 Å². The van der Waals surface area contributed by atoms with Gasteiger partial charge in [0.1, 0.15) is 0 Å². The minimum absolute atomic E-state index is 0.268. The Labute approximate surface area is 121 Å². The standard InChI is InChI=1S/C19H22O/c1-14(20)12-19-13-17-7-6-15-2-4-16(5-3-15)8-10-18(19)11-9-17/h2-5,9,11,13-14,20H,6-8,10,12H2,1H3. The molecule has 0 saturated carbocycles. The van der Waals surface area contributed by atoms with Crippen LogP contribution >= 0.6 is 0 Å². The number of aliphatic hydroxyl groups excluding tert-OH is 1. The molecule has 0 aromatic heterocycles. The van der Waals surface area contributed by atoms with Crippen LogP contribution in [0.5, 0.6) is 0 Å². The summed E-state index contributed by atoms with van der Waals surface area (Å²) in [6.45, 7) is 1.87. The average molecular weight is 266 g/mol. The van der Waals surface area contributed by atoms with Gasteiger partial charge in [0.25, 0.3) is 0 Å². The summed E-state index contributed by atoms with van der Waals surface area (Å²) in [6, 6.07) is 15.9. The molecule has 1 heteroatoms. The van der Waals surface area contributed by atoms with Crippen molar-refractivity contribution in [2.45, 2.75) is 45.1 Å². The number of hydrogen-bond acceptors (Lipinski definition) is 1. The van der Waals surface area contributed by atoms with E-state index in [2.05, 4.69) is 42.5 Å². The first kappa shape index (κ1) is 13.4. The highest BCUT2D eigenvalue weighted by atomic mass is 16.3. The van der Waals surface area contributed by atoms with E-state index in [-0.39, 0.29) is 6.10 Å². The van der Waals surface area contributed by atoms with Crippen LogP contribution in [-0.4, -0.2) is 11.2 Å². The summed E-state index contributed by atoms with van der Waals surface area (Å²) in [7, 11) is 0. The smallest absolute Gasteiger partial charge is 0.0552 e. The van der Waals surface area contributed by atoms with Gasteiger partial charge in [-0.2, -0.15) is 0 Å². The van der Waals surface area contributed by atoms with Crippen molar-refractivity contribution >= 4 is 0 Å². The fourth-order valence-electron chi connectivity index (χ4n) is 3.03. The molecular formula is C19H22O. The van der Waals surface area contributed by atoms with E-state index in [1.165, 1.54) is 27.8 Å². The number of aliphatic hydroxyl groups is 1. The third-order valence-electron chi connectivity index (χ3n) is 4.19. The van der Waals surface area contributed by atoms with Gasteiger partial charge in [-0.05, 0) is 66.8 Å². The summed E-state index contributed by atoms with van der Waals surface area (Å²) in [5.74, 6) is 0. The van der Waals surface area contributed by atoms with Crippen molar-refractivity contribution in [2.24, 2.45) is 0 Å². The topological polar surface area (TPSA) is 20.2 Å². The molecule has 0 aliphatic heterocycles. The minimum Gasteiger partial charge on any atom is -0.393 e. The molecule has 6 rings (SSSR count). The van der Waals surface area contributed by atoms with E-state index >= 15 is 0 Å². The minimum atomic E-state index is -0.268. The zero-order valence-corrected chi connectivity index (χ0v) is 12.1. The highest BCUT2D eigenvalue weighted by Crippen LogP contribution is 2.20. The van der Waals surface area contributed by atoms with Gasteiger partial charge in [-0.15, -0.1) is 0 Å². The zero-order valence-electron chi connectivity index (χ0n) is 12.1. The molecular weight excluding hydrogens is 244 g/mol. The largest absolute Gasteiger partial charge is 0.393 e. The summed E-state index contributed by atoms with van der Waals surface area (Å²) in [5, 5.41) is 9.71. The van der Waals surface area contributed by atoms with Crippen molar-refractivity contribution in [1.82, 2.24) is 0 Å². The summed E-state index contributed by atoms with van der Waals surface area (Å²) in [6.07, 6.45) is 4.80. The van der Waals surface area contributed by atoms with E-state index in [1.807, 2.05) is 6.92 Å². The molecule has 4 aliphatic rings. The highest BCUT2D eigenvalue weighted by Gasteiger charge is 2.09. The van der Waals surface area contributed by atoms with E-state index in [4.69, 9.17) is 0 Å². The van der Waals surface area contributed by atoms with Crippen molar-refractivity contribution in [1.29, 1.82) is 0 Å². The first-order chi connectivity index (χ1) is 9.70. The summed E-state index contributed by atoms with van der Waals surface area (Å²) in [4.78, 5) is 0. The van der Waals surface area contributed by atoms with E-state index < -0.39 is 0 Å². The summed E-state index contributed by atoms with van der Waals surface area (Å²) in [5.41, 5.74) is 6.91. The number of rotatable bonds is 2. The SMILES string of the molecule is CC(O)Cc1cc2ccc1CCc1ccc(cc1)CC2. The second kappa shape index (κ2) is 5.80. The second-order valence-electron chi connectivity index (χ2n) is 5.97. The second-order valence-corrected chi connectivity index (χ2v) is 5.97. The van der Waals surface area contributed by atoms with Crippen LogP contribution in [0.4, 0.5) is 0 Å². The molecule has 0 fully saturated rings. The Bertz CT molecular complexity index is 581. The normalized spacial score (nSPS) is 15.7. The van der Waals surface area contributed by atoms with Crippen molar-refractivity contribution in [3.63, 3.8) is 0 Å². The third kappa shape index (κ3) is 3.10. The number of aryl methyl sites for hydroxylation is 4. The Kier molecular flexibility index (Phi) is 3.88. The molecule has 0 radical (unpaired) electrons. The van der Waals surface area contributed by atoms with Crippen molar-refractivity contribution in [3.8, 4) is 0 Å². The average Bonchev–Trinajstić information content (AvgIpc) is 2.42. The molecule has 0 saturated heterocycles. The van der Waals surface area contributed by atoms with E-state index in [0.717, 1.165) is 32.1 Å². The van der Waals surface area contributed by atoms with Gasteiger partial charge in [-0.3, -0.25) is 0 Å². The van der Waals surface area contributed by atoms with Gasteiger partial charge in [0, 0.05) is 0 Å². The molecule has 0 amide bonds. The van der Waals surface area contributed by atoms with E-state index in [9.17, 15) is 5.11 Å². The van der Waals surface area contributed by atoms with Gasteiger partial charge in [0.15, 0.2) is 0 Å². The fourth-order valence-corrected chi connectivity index (χ4v) is 3.03. The van der Waals surface area contributed by atoms with Gasteiger partial charge in [0.05, 0.1) is 6.10 Å². The zero-order chi connectivity index (χ0) is 13.9. The fraction of sp³-hybridized carbons (Fsp3) is 0.368. The van der Waals surface area contributed by atoms with Crippen LogP contribution in [0.2, 0.25) is 0 Å². The summed E-state index contributed by atoms with van der Waals surface area (Å²) >= 11 is 0. The maximum Gasteiger partial charge on any atom is 0.0552 e. The van der Waals surface area contributed by atoms with Crippen molar-refractivity contribution in [3.05, 3.63) is 70.3 Å². The van der Waals surface area contributed by atoms with Gasteiger partial charge in [-0.1, -0.05) is 42.5 Å². The Morgan fingerprint density at radius 3 is 2.05 bits per heavy atom. The van der Waals surface area contributed by atoms with Crippen LogP contribution < -0.4 is 0 Å². The van der Waals surface area contributed by atoms with Crippen LogP contribution in [0, 0.1) is 0 Å². The first-order valence-corrected chi connectivity index (χ1v) is 7.57. The Morgan fingerprint density at radius 2 is 1.40 bits per heavy atom.